The molecule has 0 saturated carbocycles. The van der Waals surface area contributed by atoms with Crippen LogP contribution in [0.3, 0.4) is 0 Å². The quantitative estimate of drug-likeness (QED) is 0.276. The van der Waals surface area contributed by atoms with Crippen molar-refractivity contribution < 1.29 is 19.1 Å². The molecular formula is C22H17ClN2O4. The van der Waals surface area contributed by atoms with Gasteiger partial charge >= 0.3 is 5.97 Å². The SMILES string of the molecule is O=C(COc1ccc(Cl)cc1)N/N=C\c1ccc(OC(=O)c2ccccc2)cc1. The minimum absolute atomic E-state index is 0.173. The zero-order valence-electron chi connectivity index (χ0n) is 15.2. The van der Waals surface area contributed by atoms with Crippen molar-refractivity contribution >= 4 is 29.7 Å². The number of benzene rings is 3. The molecule has 0 bridgehead atoms. The summed E-state index contributed by atoms with van der Waals surface area (Å²) < 4.78 is 10.6. The second-order valence-corrected chi connectivity index (χ2v) is 6.30. The van der Waals surface area contributed by atoms with Crippen molar-refractivity contribution in [3.63, 3.8) is 0 Å². The van der Waals surface area contributed by atoms with Gasteiger partial charge in [0.25, 0.3) is 5.91 Å². The Kier molecular flexibility index (Phi) is 6.97. The van der Waals surface area contributed by atoms with Crippen molar-refractivity contribution in [1.82, 2.24) is 5.43 Å². The molecule has 3 rings (SSSR count). The molecule has 0 saturated heterocycles. The minimum Gasteiger partial charge on any atom is -0.484 e. The van der Waals surface area contributed by atoms with Gasteiger partial charge in [-0.15, -0.1) is 0 Å². The third kappa shape index (κ3) is 6.48. The molecule has 0 spiro atoms. The number of nitrogens with one attached hydrogen (secondary N) is 1. The van der Waals surface area contributed by atoms with E-state index in [1.807, 2.05) is 6.07 Å². The number of nitrogens with zero attached hydrogens (tertiary/aromatic N) is 1. The summed E-state index contributed by atoms with van der Waals surface area (Å²) in [6.07, 6.45) is 1.48. The van der Waals surface area contributed by atoms with Crippen LogP contribution in [0, 0.1) is 0 Å². The highest BCUT2D eigenvalue weighted by molar-refractivity contribution is 6.30. The Bertz CT molecular complexity index is 988. The lowest BCUT2D eigenvalue weighted by molar-refractivity contribution is -0.123. The number of ether oxygens (including phenoxy) is 2. The van der Waals surface area contributed by atoms with E-state index >= 15 is 0 Å². The summed E-state index contributed by atoms with van der Waals surface area (Å²) in [5.41, 5.74) is 3.57. The number of hydrogen-bond acceptors (Lipinski definition) is 5. The molecule has 29 heavy (non-hydrogen) atoms. The number of halogens is 1. The predicted octanol–water partition coefficient (Wildman–Crippen LogP) is 4.09. The summed E-state index contributed by atoms with van der Waals surface area (Å²) in [6, 6.07) is 22.1. The highest BCUT2D eigenvalue weighted by Gasteiger charge is 2.07. The molecule has 0 atom stereocenters. The van der Waals surface area contributed by atoms with Crippen LogP contribution in [0.5, 0.6) is 11.5 Å². The van der Waals surface area contributed by atoms with Crippen molar-refractivity contribution in [3.8, 4) is 11.5 Å². The first-order chi connectivity index (χ1) is 14.1. The molecule has 0 fully saturated rings. The van der Waals surface area contributed by atoms with E-state index in [-0.39, 0.29) is 6.61 Å². The molecular weight excluding hydrogens is 392 g/mol. The molecule has 3 aromatic carbocycles. The topological polar surface area (TPSA) is 77.0 Å². The molecule has 0 aliphatic heterocycles. The Morgan fingerprint density at radius 2 is 1.55 bits per heavy atom. The van der Waals surface area contributed by atoms with Crippen LogP contribution in [0.2, 0.25) is 5.02 Å². The molecule has 1 N–H and O–H groups in total. The highest BCUT2D eigenvalue weighted by atomic mass is 35.5. The van der Waals surface area contributed by atoms with E-state index in [4.69, 9.17) is 21.1 Å². The number of esters is 1. The van der Waals surface area contributed by atoms with Crippen LogP contribution in [-0.4, -0.2) is 24.7 Å². The van der Waals surface area contributed by atoms with Gasteiger partial charge in [-0.2, -0.15) is 5.10 Å². The number of carbonyl (C=O) groups is 2. The van der Waals surface area contributed by atoms with E-state index in [1.165, 1.54) is 6.21 Å². The van der Waals surface area contributed by atoms with E-state index in [9.17, 15) is 9.59 Å². The number of hydrogen-bond donors (Lipinski definition) is 1. The van der Waals surface area contributed by atoms with E-state index < -0.39 is 11.9 Å². The lowest BCUT2D eigenvalue weighted by Crippen LogP contribution is -2.24. The molecule has 0 aliphatic rings. The Labute approximate surface area is 172 Å². The molecule has 0 heterocycles. The highest BCUT2D eigenvalue weighted by Crippen LogP contribution is 2.15. The summed E-state index contributed by atoms with van der Waals surface area (Å²) in [7, 11) is 0. The third-order valence-corrected chi connectivity index (χ3v) is 3.94. The summed E-state index contributed by atoms with van der Waals surface area (Å²) >= 11 is 5.79. The summed E-state index contributed by atoms with van der Waals surface area (Å²) in [6.45, 7) is -0.173. The van der Waals surface area contributed by atoms with Gasteiger partial charge in [0.1, 0.15) is 11.5 Å². The first-order valence-corrected chi connectivity index (χ1v) is 9.05. The van der Waals surface area contributed by atoms with Crippen molar-refractivity contribution in [2.45, 2.75) is 0 Å². The van der Waals surface area contributed by atoms with Crippen LogP contribution in [0.15, 0.2) is 84.0 Å². The van der Waals surface area contributed by atoms with Crippen LogP contribution in [0.4, 0.5) is 0 Å². The number of amides is 1. The second kappa shape index (κ2) is 10.1. The monoisotopic (exact) mass is 408 g/mol. The maximum Gasteiger partial charge on any atom is 0.343 e. The number of carbonyl (C=O) groups excluding carboxylic acids is 2. The van der Waals surface area contributed by atoms with Crippen molar-refractivity contribution in [1.29, 1.82) is 0 Å². The molecule has 0 radical (unpaired) electrons. The Morgan fingerprint density at radius 3 is 2.24 bits per heavy atom. The van der Waals surface area contributed by atoms with Gasteiger partial charge in [-0.3, -0.25) is 4.79 Å². The number of rotatable bonds is 7. The Hall–Kier alpha value is -3.64. The van der Waals surface area contributed by atoms with E-state index in [0.29, 0.717) is 22.1 Å². The van der Waals surface area contributed by atoms with Gasteiger partial charge in [0, 0.05) is 5.02 Å². The van der Waals surface area contributed by atoms with Crippen LogP contribution < -0.4 is 14.9 Å². The van der Waals surface area contributed by atoms with E-state index in [0.717, 1.165) is 5.56 Å². The minimum atomic E-state index is -0.431. The molecule has 3 aromatic rings. The van der Waals surface area contributed by atoms with E-state index in [2.05, 4.69) is 10.5 Å². The van der Waals surface area contributed by atoms with Gasteiger partial charge in [0.15, 0.2) is 6.61 Å². The molecule has 0 aliphatic carbocycles. The van der Waals surface area contributed by atoms with Gasteiger partial charge in [-0.05, 0) is 66.2 Å². The smallest absolute Gasteiger partial charge is 0.343 e. The van der Waals surface area contributed by atoms with Crippen LogP contribution in [0.1, 0.15) is 15.9 Å². The normalized spacial score (nSPS) is 10.5. The fourth-order valence-corrected chi connectivity index (χ4v) is 2.38. The Morgan fingerprint density at radius 1 is 0.897 bits per heavy atom. The van der Waals surface area contributed by atoms with Gasteiger partial charge in [-0.1, -0.05) is 29.8 Å². The molecule has 0 aromatic heterocycles. The second-order valence-electron chi connectivity index (χ2n) is 5.86. The fourth-order valence-electron chi connectivity index (χ4n) is 2.25. The molecule has 6 nitrogen and oxygen atoms in total. The molecule has 146 valence electrons. The fraction of sp³-hybridized carbons (Fsp3) is 0.0455. The van der Waals surface area contributed by atoms with Gasteiger partial charge in [0.05, 0.1) is 11.8 Å². The van der Waals surface area contributed by atoms with Crippen LogP contribution >= 0.6 is 11.6 Å². The van der Waals surface area contributed by atoms with Crippen LogP contribution in [-0.2, 0) is 4.79 Å². The molecule has 1 amide bonds. The third-order valence-electron chi connectivity index (χ3n) is 3.69. The largest absolute Gasteiger partial charge is 0.484 e. The first-order valence-electron chi connectivity index (χ1n) is 8.68. The molecule has 7 heteroatoms. The van der Waals surface area contributed by atoms with Gasteiger partial charge < -0.3 is 9.47 Å². The summed E-state index contributed by atoms with van der Waals surface area (Å²) in [4.78, 5) is 23.8. The Balaban J connectivity index is 1.45. The maximum atomic E-state index is 12.0. The zero-order valence-corrected chi connectivity index (χ0v) is 16.0. The lowest BCUT2D eigenvalue weighted by atomic mass is 10.2. The van der Waals surface area contributed by atoms with Gasteiger partial charge in [0.2, 0.25) is 0 Å². The first kappa shape index (κ1) is 20.1. The maximum absolute atomic E-state index is 12.0. The van der Waals surface area contributed by atoms with Gasteiger partial charge in [-0.25, -0.2) is 10.2 Å². The summed E-state index contributed by atoms with van der Waals surface area (Å²) in [5, 5.41) is 4.46. The van der Waals surface area contributed by atoms with Crippen molar-refractivity contribution in [2.75, 3.05) is 6.61 Å². The van der Waals surface area contributed by atoms with E-state index in [1.54, 1.807) is 72.8 Å². The summed E-state index contributed by atoms with van der Waals surface area (Å²) in [5.74, 6) is 0.121. The standard InChI is InChI=1S/C22H17ClN2O4/c23-18-8-12-19(13-9-18)28-15-21(26)25-24-14-16-6-10-20(11-7-16)29-22(27)17-4-2-1-3-5-17/h1-14H,15H2,(H,25,26)/b24-14-. The molecule has 0 unspecified atom stereocenters. The average molecular weight is 409 g/mol. The number of hydrazone groups is 1. The predicted molar refractivity (Wildman–Crippen MR) is 111 cm³/mol. The zero-order chi connectivity index (χ0) is 20.5. The van der Waals surface area contributed by atoms with Crippen molar-refractivity contribution in [3.05, 3.63) is 95.0 Å². The lowest BCUT2D eigenvalue weighted by Gasteiger charge is -2.05. The van der Waals surface area contributed by atoms with Crippen LogP contribution in [0.25, 0.3) is 0 Å². The van der Waals surface area contributed by atoms with Crippen molar-refractivity contribution in [2.24, 2.45) is 5.10 Å². The average Bonchev–Trinajstić information content (AvgIpc) is 2.75.